The van der Waals surface area contributed by atoms with Crippen LogP contribution in [0.2, 0.25) is 0 Å². The average molecular weight is 510 g/mol. The van der Waals surface area contributed by atoms with Crippen LogP contribution in [0.1, 0.15) is 64.5 Å². The molecule has 2 aliphatic rings. The molecule has 1 saturated heterocycles. The number of ether oxygens (including phenoxy) is 1. The molecule has 0 radical (unpaired) electrons. The highest BCUT2D eigenvalue weighted by molar-refractivity contribution is 7.89. The predicted molar refractivity (Wildman–Crippen MR) is 143 cm³/mol. The van der Waals surface area contributed by atoms with Gasteiger partial charge < -0.3 is 4.74 Å². The molecular weight excluding hydrogens is 470 g/mol. The third-order valence-electron chi connectivity index (χ3n) is 7.90. The Kier molecular flexibility index (Phi) is 7.77. The highest BCUT2D eigenvalue weighted by atomic mass is 32.2. The molecule has 5 nitrogen and oxygen atoms in total. The van der Waals surface area contributed by atoms with Gasteiger partial charge >= 0.3 is 5.97 Å². The number of carbonyl (C=O) groups is 1. The number of carbonyl (C=O) groups excluding carboxylic acids is 1. The van der Waals surface area contributed by atoms with Crippen LogP contribution in [0.3, 0.4) is 0 Å². The van der Waals surface area contributed by atoms with Gasteiger partial charge in [-0.3, -0.25) is 0 Å². The molecule has 4 rings (SSSR count). The fourth-order valence-electron chi connectivity index (χ4n) is 5.85. The van der Waals surface area contributed by atoms with Gasteiger partial charge in [-0.05, 0) is 79.0 Å². The Labute approximate surface area is 216 Å². The summed E-state index contributed by atoms with van der Waals surface area (Å²) in [5.74, 6) is 0.0450. The largest absolute Gasteiger partial charge is 0.463 e. The fraction of sp³-hybridized carbons (Fsp3) is 0.500. The first-order valence-electron chi connectivity index (χ1n) is 13.0. The van der Waals surface area contributed by atoms with Crippen LogP contribution in [0, 0.1) is 11.3 Å². The SMILES string of the molecule is CCOC(=O)/C=C1/CCC2(Cc3ccccc3)CN(S(=O)(=O)c3ccc(C(C)(C)C)cc3)CC[C@H]2C1. The first-order chi connectivity index (χ1) is 17.0. The third-order valence-corrected chi connectivity index (χ3v) is 9.76. The van der Waals surface area contributed by atoms with Crippen molar-refractivity contribution in [2.75, 3.05) is 19.7 Å². The number of fused-ring (bicyclic) bond motifs is 1. The number of nitrogens with zero attached hydrogens (tertiary/aromatic N) is 1. The standard InChI is InChI=1S/C30H39NO4S/c1-5-35-28(32)20-24-15-17-30(21-23-9-7-6-8-10-23)22-31(18-16-26(30)19-24)36(33,34)27-13-11-25(12-14-27)29(2,3)4/h6-14,20,26H,5,15-19,21-22H2,1-4H3/b24-20-/t26-,30?/m0/s1. The van der Waals surface area contributed by atoms with E-state index in [1.165, 1.54) is 5.56 Å². The normalized spacial score (nSPS) is 24.3. The van der Waals surface area contributed by atoms with Crippen molar-refractivity contribution in [3.8, 4) is 0 Å². The highest BCUT2D eigenvalue weighted by Crippen LogP contribution is 2.51. The number of allylic oxidation sites excluding steroid dienone is 1. The summed E-state index contributed by atoms with van der Waals surface area (Å²) >= 11 is 0. The highest BCUT2D eigenvalue weighted by Gasteiger charge is 2.48. The maximum absolute atomic E-state index is 13.8. The Morgan fingerprint density at radius 1 is 1.11 bits per heavy atom. The molecule has 2 aromatic carbocycles. The Hall–Kier alpha value is -2.44. The Morgan fingerprint density at radius 2 is 1.81 bits per heavy atom. The maximum atomic E-state index is 13.8. The van der Waals surface area contributed by atoms with Gasteiger partial charge in [-0.1, -0.05) is 68.8 Å². The molecule has 1 aliphatic heterocycles. The van der Waals surface area contributed by atoms with Crippen LogP contribution >= 0.6 is 0 Å². The third kappa shape index (κ3) is 5.76. The average Bonchev–Trinajstić information content (AvgIpc) is 2.84. The van der Waals surface area contributed by atoms with E-state index in [0.29, 0.717) is 30.5 Å². The molecule has 1 heterocycles. The predicted octanol–water partition coefficient (Wildman–Crippen LogP) is 5.90. The molecule has 0 spiro atoms. The summed E-state index contributed by atoms with van der Waals surface area (Å²) in [6.07, 6.45) is 5.74. The van der Waals surface area contributed by atoms with E-state index in [0.717, 1.165) is 43.2 Å². The van der Waals surface area contributed by atoms with Crippen molar-refractivity contribution in [1.29, 1.82) is 0 Å². The van der Waals surface area contributed by atoms with E-state index in [2.05, 4.69) is 32.9 Å². The lowest BCUT2D eigenvalue weighted by Gasteiger charge is -2.51. The summed E-state index contributed by atoms with van der Waals surface area (Å²) < 4.78 is 34.4. The molecule has 6 heteroatoms. The van der Waals surface area contributed by atoms with E-state index in [4.69, 9.17) is 4.74 Å². The summed E-state index contributed by atoms with van der Waals surface area (Å²) in [7, 11) is -3.60. The van der Waals surface area contributed by atoms with Crippen LogP contribution < -0.4 is 0 Å². The lowest BCUT2D eigenvalue weighted by Crippen LogP contribution is -2.53. The lowest BCUT2D eigenvalue weighted by molar-refractivity contribution is -0.137. The number of piperidine rings is 1. The topological polar surface area (TPSA) is 63.7 Å². The van der Waals surface area contributed by atoms with Gasteiger partial charge in [-0.2, -0.15) is 4.31 Å². The summed E-state index contributed by atoms with van der Waals surface area (Å²) in [6.45, 7) is 9.56. The van der Waals surface area contributed by atoms with Crippen LogP contribution in [0.5, 0.6) is 0 Å². The molecule has 2 fully saturated rings. The minimum atomic E-state index is -3.60. The van der Waals surface area contributed by atoms with Crippen LogP contribution in [-0.4, -0.2) is 38.4 Å². The summed E-state index contributed by atoms with van der Waals surface area (Å²) in [5, 5.41) is 0. The molecule has 0 aromatic heterocycles. The molecule has 0 bridgehead atoms. The van der Waals surface area contributed by atoms with E-state index in [1.807, 2.05) is 37.3 Å². The molecule has 36 heavy (non-hydrogen) atoms. The molecule has 0 N–H and O–H groups in total. The number of benzene rings is 2. The van der Waals surface area contributed by atoms with E-state index >= 15 is 0 Å². The minimum Gasteiger partial charge on any atom is -0.463 e. The summed E-state index contributed by atoms with van der Waals surface area (Å²) in [5.41, 5.74) is 3.28. The first-order valence-corrected chi connectivity index (χ1v) is 14.5. The molecule has 1 saturated carbocycles. The zero-order chi connectivity index (χ0) is 26.0. The second kappa shape index (κ2) is 10.5. The quantitative estimate of drug-likeness (QED) is 0.359. The van der Waals surface area contributed by atoms with Gasteiger partial charge in [-0.15, -0.1) is 0 Å². The monoisotopic (exact) mass is 509 g/mol. The van der Waals surface area contributed by atoms with Crippen LogP contribution in [0.4, 0.5) is 0 Å². The second-order valence-electron chi connectivity index (χ2n) is 11.4. The van der Waals surface area contributed by atoms with Crippen molar-refractivity contribution in [2.45, 2.75) is 70.1 Å². The molecule has 194 valence electrons. The van der Waals surface area contributed by atoms with Crippen molar-refractivity contribution < 1.29 is 17.9 Å². The van der Waals surface area contributed by atoms with Crippen molar-refractivity contribution in [3.05, 3.63) is 77.4 Å². The first kappa shape index (κ1) is 26.6. The molecule has 2 aromatic rings. The lowest BCUT2D eigenvalue weighted by atomic mass is 9.59. The van der Waals surface area contributed by atoms with Gasteiger partial charge in [0.1, 0.15) is 0 Å². The molecule has 1 unspecified atom stereocenters. The number of sulfonamides is 1. The van der Waals surface area contributed by atoms with Crippen molar-refractivity contribution in [1.82, 2.24) is 4.31 Å². The Bertz CT molecular complexity index is 1200. The molecule has 0 amide bonds. The molecular formula is C30H39NO4S. The van der Waals surface area contributed by atoms with Gasteiger partial charge in [0.25, 0.3) is 0 Å². The van der Waals surface area contributed by atoms with Crippen LogP contribution in [0.15, 0.2) is 71.1 Å². The summed E-state index contributed by atoms with van der Waals surface area (Å²) in [4.78, 5) is 12.4. The molecule has 1 aliphatic carbocycles. The fourth-order valence-corrected chi connectivity index (χ4v) is 7.40. The van der Waals surface area contributed by atoms with Crippen molar-refractivity contribution in [3.63, 3.8) is 0 Å². The van der Waals surface area contributed by atoms with Crippen LogP contribution in [-0.2, 0) is 31.4 Å². The number of rotatable bonds is 6. The van der Waals surface area contributed by atoms with Crippen molar-refractivity contribution >= 4 is 16.0 Å². The maximum Gasteiger partial charge on any atom is 0.330 e. The number of esters is 1. The van der Waals surface area contributed by atoms with Gasteiger partial charge in [0.15, 0.2) is 0 Å². The smallest absolute Gasteiger partial charge is 0.330 e. The second-order valence-corrected chi connectivity index (χ2v) is 13.3. The van der Waals surface area contributed by atoms with Gasteiger partial charge in [0, 0.05) is 19.2 Å². The van der Waals surface area contributed by atoms with Crippen LogP contribution in [0.25, 0.3) is 0 Å². The molecule has 2 atom stereocenters. The minimum absolute atomic E-state index is 0.0305. The van der Waals surface area contributed by atoms with E-state index in [1.54, 1.807) is 22.5 Å². The van der Waals surface area contributed by atoms with Gasteiger partial charge in [0.05, 0.1) is 11.5 Å². The van der Waals surface area contributed by atoms with Crippen molar-refractivity contribution in [2.24, 2.45) is 11.3 Å². The van der Waals surface area contributed by atoms with E-state index in [9.17, 15) is 13.2 Å². The van der Waals surface area contributed by atoms with Gasteiger partial charge in [0.2, 0.25) is 10.0 Å². The summed E-state index contributed by atoms with van der Waals surface area (Å²) in [6, 6.07) is 17.8. The Balaban J connectivity index is 1.61. The van der Waals surface area contributed by atoms with Gasteiger partial charge in [-0.25, -0.2) is 13.2 Å². The van der Waals surface area contributed by atoms with E-state index in [-0.39, 0.29) is 16.8 Å². The van der Waals surface area contributed by atoms with E-state index < -0.39 is 10.0 Å². The zero-order valence-corrected chi connectivity index (χ0v) is 22.8. The Morgan fingerprint density at radius 3 is 2.44 bits per heavy atom. The number of hydrogen-bond donors (Lipinski definition) is 0. The zero-order valence-electron chi connectivity index (χ0n) is 22.0. The number of hydrogen-bond acceptors (Lipinski definition) is 4.